The van der Waals surface area contributed by atoms with Crippen LogP contribution in [0.1, 0.15) is 31.9 Å². The highest BCUT2D eigenvalue weighted by Gasteiger charge is 2.71. The number of carbonyl (C=O) groups is 3. The van der Waals surface area contributed by atoms with Crippen molar-refractivity contribution in [2.75, 3.05) is 5.32 Å². The van der Waals surface area contributed by atoms with Crippen LogP contribution in [0.5, 0.6) is 0 Å². The number of rotatable bonds is 2. The van der Waals surface area contributed by atoms with Crippen molar-refractivity contribution >= 4 is 45.9 Å². The first-order valence-electron chi connectivity index (χ1n) is 11.4. The first-order valence-corrected chi connectivity index (χ1v) is 11.8. The van der Waals surface area contributed by atoms with Crippen LogP contribution in [0.3, 0.4) is 0 Å². The molecular weight excluding hydrogens is 452 g/mol. The van der Waals surface area contributed by atoms with E-state index >= 15 is 0 Å². The van der Waals surface area contributed by atoms with Crippen molar-refractivity contribution in [1.29, 1.82) is 0 Å². The lowest BCUT2D eigenvalue weighted by molar-refractivity contribution is -0.147. The van der Waals surface area contributed by atoms with Gasteiger partial charge in [0.2, 0.25) is 17.7 Å². The lowest BCUT2D eigenvalue weighted by Crippen LogP contribution is -2.56. The highest BCUT2D eigenvalue weighted by atomic mass is 35.5. The van der Waals surface area contributed by atoms with E-state index in [2.05, 4.69) is 15.6 Å². The molecule has 3 amide bonds. The Balaban J connectivity index is 1.51. The van der Waals surface area contributed by atoms with Crippen LogP contribution in [0.4, 0.5) is 5.69 Å². The van der Waals surface area contributed by atoms with E-state index in [-0.39, 0.29) is 17.7 Å². The number of aromatic nitrogens is 1. The summed E-state index contributed by atoms with van der Waals surface area (Å²) in [6.07, 6.45) is 2.43. The second-order valence-electron chi connectivity index (χ2n) is 10.5. The standard InChI is InChI=1S/C26H25ClN4O3/c1-25(2,3)31-22(32)20-19(10-13-12-28-17-7-5-4-6-15(13)17)30-26(21(20)23(31)33)16-11-14(27)8-9-18(16)29-24(26)34/h4-9,11-12,19-21,28,30H,10H2,1-3H3,(H,29,34)/t19-,20+,21+,26+/m0/s1. The van der Waals surface area contributed by atoms with Gasteiger partial charge in [-0.15, -0.1) is 0 Å². The Morgan fingerprint density at radius 1 is 1.06 bits per heavy atom. The number of hydrogen-bond acceptors (Lipinski definition) is 4. The molecule has 7 nitrogen and oxygen atoms in total. The van der Waals surface area contributed by atoms with Crippen LogP contribution in [-0.4, -0.2) is 39.2 Å². The summed E-state index contributed by atoms with van der Waals surface area (Å²) in [6.45, 7) is 5.54. The van der Waals surface area contributed by atoms with Gasteiger partial charge in [-0.1, -0.05) is 29.8 Å². The lowest BCUT2D eigenvalue weighted by atomic mass is 9.76. The van der Waals surface area contributed by atoms with Gasteiger partial charge in [-0.3, -0.25) is 24.6 Å². The molecule has 0 unspecified atom stereocenters. The molecule has 1 aromatic heterocycles. The van der Waals surface area contributed by atoms with Crippen LogP contribution >= 0.6 is 11.6 Å². The van der Waals surface area contributed by atoms with Gasteiger partial charge in [-0.25, -0.2) is 0 Å². The van der Waals surface area contributed by atoms with E-state index in [4.69, 9.17) is 11.6 Å². The molecule has 6 rings (SSSR count). The molecule has 0 bridgehead atoms. The molecule has 3 aliphatic heterocycles. The van der Waals surface area contributed by atoms with Gasteiger partial charge in [0.1, 0.15) is 5.54 Å². The number of imide groups is 1. The van der Waals surface area contributed by atoms with Crippen LogP contribution in [0, 0.1) is 11.8 Å². The van der Waals surface area contributed by atoms with E-state index < -0.39 is 29.0 Å². The van der Waals surface area contributed by atoms with Crippen molar-refractivity contribution in [2.45, 2.75) is 44.3 Å². The predicted octanol–water partition coefficient (Wildman–Crippen LogP) is 3.58. The Kier molecular flexibility index (Phi) is 4.36. The number of nitrogens with zero attached hydrogens (tertiary/aromatic N) is 1. The molecular formula is C26H25ClN4O3. The number of hydrogen-bond donors (Lipinski definition) is 3. The number of benzene rings is 2. The van der Waals surface area contributed by atoms with E-state index in [1.807, 2.05) is 51.2 Å². The average molecular weight is 477 g/mol. The Labute approximate surface area is 201 Å². The fourth-order valence-corrected chi connectivity index (χ4v) is 6.32. The monoisotopic (exact) mass is 476 g/mol. The fourth-order valence-electron chi connectivity index (χ4n) is 6.15. The number of halogens is 1. The average Bonchev–Trinajstić information content (AvgIpc) is 3.47. The van der Waals surface area contributed by atoms with Crippen LogP contribution in [0.15, 0.2) is 48.7 Å². The number of fused-ring (bicyclic) bond motifs is 5. The molecule has 2 fully saturated rings. The largest absolute Gasteiger partial charge is 0.361 e. The molecule has 0 aliphatic carbocycles. The topological polar surface area (TPSA) is 94.3 Å². The number of carbonyl (C=O) groups excluding carboxylic acids is 3. The smallest absolute Gasteiger partial charge is 0.250 e. The molecule has 174 valence electrons. The van der Waals surface area contributed by atoms with Crippen LogP contribution in [-0.2, 0) is 26.3 Å². The summed E-state index contributed by atoms with van der Waals surface area (Å²) in [4.78, 5) is 45.8. The second kappa shape index (κ2) is 6.93. The molecule has 2 saturated heterocycles. The van der Waals surface area contributed by atoms with Crippen molar-refractivity contribution in [3.63, 3.8) is 0 Å². The molecule has 0 radical (unpaired) electrons. The summed E-state index contributed by atoms with van der Waals surface area (Å²) >= 11 is 6.33. The number of H-pyrrole nitrogens is 1. The second-order valence-corrected chi connectivity index (χ2v) is 10.9. The highest BCUT2D eigenvalue weighted by Crippen LogP contribution is 2.54. The zero-order valence-electron chi connectivity index (χ0n) is 19.1. The third-order valence-electron chi connectivity index (χ3n) is 7.46. The third-order valence-corrected chi connectivity index (χ3v) is 7.70. The number of aromatic amines is 1. The highest BCUT2D eigenvalue weighted by molar-refractivity contribution is 6.31. The fraction of sp³-hybridized carbons (Fsp3) is 0.346. The number of para-hydroxylation sites is 1. The van der Waals surface area contributed by atoms with Crippen molar-refractivity contribution in [3.8, 4) is 0 Å². The van der Waals surface area contributed by atoms with Gasteiger partial charge in [0.05, 0.1) is 11.8 Å². The van der Waals surface area contributed by atoms with Crippen molar-refractivity contribution in [2.24, 2.45) is 11.8 Å². The summed E-state index contributed by atoms with van der Waals surface area (Å²) in [5.74, 6) is -2.40. The third kappa shape index (κ3) is 2.71. The van der Waals surface area contributed by atoms with Crippen molar-refractivity contribution in [1.82, 2.24) is 15.2 Å². The number of nitrogens with one attached hydrogen (secondary N) is 3. The number of amides is 3. The van der Waals surface area contributed by atoms with Gasteiger partial charge in [-0.2, -0.15) is 0 Å². The van der Waals surface area contributed by atoms with Gasteiger partial charge in [0.25, 0.3) is 0 Å². The SMILES string of the molecule is CC(C)(C)N1C(=O)[C@@H]2[C@H](Cc3c[nH]c4ccccc34)N[C@@]3(C(=O)Nc4ccc(Cl)cc43)[C@H]2C1=O. The van der Waals surface area contributed by atoms with Gasteiger partial charge < -0.3 is 10.3 Å². The summed E-state index contributed by atoms with van der Waals surface area (Å²) in [6, 6.07) is 12.7. The number of likely N-dealkylation sites (tertiary alicyclic amines) is 1. The molecule has 4 heterocycles. The van der Waals surface area contributed by atoms with Crippen molar-refractivity contribution in [3.05, 3.63) is 64.8 Å². The molecule has 0 saturated carbocycles. The summed E-state index contributed by atoms with van der Waals surface area (Å²) in [7, 11) is 0. The van der Waals surface area contributed by atoms with E-state index in [0.717, 1.165) is 16.5 Å². The maximum absolute atomic E-state index is 13.9. The molecule has 3 N–H and O–H groups in total. The van der Waals surface area contributed by atoms with E-state index in [1.165, 1.54) is 4.90 Å². The molecule has 34 heavy (non-hydrogen) atoms. The first-order chi connectivity index (χ1) is 16.1. The van der Waals surface area contributed by atoms with Gasteiger partial charge in [-0.05, 0) is 57.0 Å². The molecule has 2 aromatic carbocycles. The zero-order valence-corrected chi connectivity index (χ0v) is 19.9. The quantitative estimate of drug-likeness (QED) is 0.493. The molecule has 8 heteroatoms. The maximum Gasteiger partial charge on any atom is 0.250 e. The van der Waals surface area contributed by atoms with Crippen LogP contribution in [0.2, 0.25) is 5.02 Å². The van der Waals surface area contributed by atoms with Crippen LogP contribution < -0.4 is 10.6 Å². The molecule has 1 spiro atoms. The normalized spacial score (nSPS) is 28.2. The van der Waals surface area contributed by atoms with Gasteiger partial charge in [0, 0.05) is 45.0 Å². The van der Waals surface area contributed by atoms with E-state index in [0.29, 0.717) is 22.7 Å². The zero-order chi connectivity index (χ0) is 24.0. The predicted molar refractivity (Wildman–Crippen MR) is 129 cm³/mol. The van der Waals surface area contributed by atoms with Gasteiger partial charge >= 0.3 is 0 Å². The van der Waals surface area contributed by atoms with Gasteiger partial charge in [0.15, 0.2) is 0 Å². The Morgan fingerprint density at radius 2 is 1.82 bits per heavy atom. The van der Waals surface area contributed by atoms with Crippen LogP contribution in [0.25, 0.3) is 10.9 Å². The summed E-state index contributed by atoms with van der Waals surface area (Å²) in [5.41, 5.74) is 1.22. The maximum atomic E-state index is 13.9. The molecule has 4 atom stereocenters. The van der Waals surface area contributed by atoms with E-state index in [9.17, 15) is 14.4 Å². The van der Waals surface area contributed by atoms with E-state index in [1.54, 1.807) is 18.2 Å². The molecule has 3 aromatic rings. The minimum Gasteiger partial charge on any atom is -0.361 e. The number of anilines is 1. The first kappa shape index (κ1) is 21.4. The Bertz CT molecular complexity index is 1390. The Morgan fingerprint density at radius 3 is 2.59 bits per heavy atom. The van der Waals surface area contributed by atoms with Crippen molar-refractivity contribution < 1.29 is 14.4 Å². The Hall–Kier alpha value is -3.16. The summed E-state index contributed by atoms with van der Waals surface area (Å²) < 4.78 is 0. The lowest BCUT2D eigenvalue weighted by Gasteiger charge is -2.34. The summed E-state index contributed by atoms with van der Waals surface area (Å²) in [5, 5.41) is 7.93. The minimum absolute atomic E-state index is 0.236. The molecule has 3 aliphatic rings. The minimum atomic E-state index is -1.35.